The van der Waals surface area contributed by atoms with Crippen molar-refractivity contribution in [3.8, 4) is 17.0 Å². The van der Waals surface area contributed by atoms with E-state index in [0.717, 1.165) is 32.7 Å². The Bertz CT molecular complexity index is 1340. The van der Waals surface area contributed by atoms with Crippen LogP contribution in [0.2, 0.25) is 0 Å². The first-order valence-electron chi connectivity index (χ1n) is 9.13. The predicted molar refractivity (Wildman–Crippen MR) is 112 cm³/mol. The van der Waals surface area contributed by atoms with Crippen molar-refractivity contribution in [1.82, 2.24) is 19.7 Å². The summed E-state index contributed by atoms with van der Waals surface area (Å²) in [6.45, 7) is -0.00467. The molecule has 0 radical (unpaired) electrons. The Labute approximate surface area is 165 Å². The molecule has 0 bridgehead atoms. The number of anilines is 1. The molecule has 29 heavy (non-hydrogen) atoms. The zero-order chi connectivity index (χ0) is 19.8. The third-order valence-corrected chi connectivity index (χ3v) is 4.90. The summed E-state index contributed by atoms with van der Waals surface area (Å²) in [5, 5.41) is 23.5. The van der Waals surface area contributed by atoms with E-state index < -0.39 is 0 Å². The first-order valence-corrected chi connectivity index (χ1v) is 9.13. The molecule has 0 aliphatic carbocycles. The van der Waals surface area contributed by atoms with Crippen molar-refractivity contribution >= 4 is 33.3 Å². The van der Waals surface area contributed by atoms with Crippen molar-refractivity contribution in [1.29, 1.82) is 0 Å². The Morgan fingerprint density at radius 3 is 2.76 bits per heavy atom. The first-order chi connectivity index (χ1) is 14.2. The van der Waals surface area contributed by atoms with Gasteiger partial charge < -0.3 is 15.0 Å². The average molecular weight is 383 g/mol. The van der Waals surface area contributed by atoms with Crippen LogP contribution in [0.3, 0.4) is 0 Å². The summed E-state index contributed by atoms with van der Waals surface area (Å²) in [6.07, 6.45) is 7.08. The quantitative estimate of drug-likeness (QED) is 0.438. The Morgan fingerprint density at radius 1 is 1.03 bits per heavy atom. The number of benzene rings is 2. The van der Waals surface area contributed by atoms with Gasteiger partial charge in [0.05, 0.1) is 6.20 Å². The van der Waals surface area contributed by atoms with Crippen molar-refractivity contribution < 1.29 is 9.90 Å². The molecule has 0 spiro atoms. The van der Waals surface area contributed by atoms with Crippen LogP contribution >= 0.6 is 0 Å². The molecular weight excluding hydrogens is 366 g/mol. The number of fused-ring (bicyclic) bond motifs is 2. The second-order valence-corrected chi connectivity index (χ2v) is 6.83. The Morgan fingerprint density at radius 2 is 1.93 bits per heavy atom. The van der Waals surface area contributed by atoms with Crippen molar-refractivity contribution in [2.75, 3.05) is 5.32 Å². The highest BCUT2D eigenvalue weighted by Crippen LogP contribution is 2.27. The molecule has 0 fully saturated rings. The van der Waals surface area contributed by atoms with Crippen LogP contribution in [0.25, 0.3) is 32.7 Å². The Kier molecular flexibility index (Phi) is 3.98. The fraction of sp³-hybridized carbons (Fsp3) is 0.0455. The number of rotatable bonds is 4. The minimum atomic E-state index is -0.265. The van der Waals surface area contributed by atoms with Gasteiger partial charge in [-0.3, -0.25) is 9.89 Å². The zero-order valence-electron chi connectivity index (χ0n) is 15.3. The van der Waals surface area contributed by atoms with Crippen LogP contribution in [0.1, 0.15) is 0 Å². The van der Waals surface area contributed by atoms with Crippen molar-refractivity contribution in [2.24, 2.45) is 0 Å². The number of nitrogens with zero attached hydrogens (tertiary/aromatic N) is 3. The second kappa shape index (κ2) is 6.79. The van der Waals surface area contributed by atoms with Gasteiger partial charge in [-0.15, -0.1) is 0 Å². The number of carbonyl (C=O) groups excluding carboxylic acids is 1. The molecule has 3 heterocycles. The van der Waals surface area contributed by atoms with Gasteiger partial charge in [-0.2, -0.15) is 5.10 Å². The number of aromatic amines is 1. The van der Waals surface area contributed by atoms with E-state index in [9.17, 15) is 9.90 Å². The average Bonchev–Trinajstić information content (AvgIpc) is 3.37. The lowest BCUT2D eigenvalue weighted by atomic mass is 10.1. The lowest BCUT2D eigenvalue weighted by molar-refractivity contribution is -0.116. The predicted octanol–water partition coefficient (Wildman–Crippen LogP) is 3.92. The number of H-pyrrole nitrogens is 1. The van der Waals surface area contributed by atoms with Crippen LogP contribution in [0.15, 0.2) is 73.3 Å². The molecule has 0 saturated heterocycles. The highest BCUT2D eigenvalue weighted by Gasteiger charge is 2.12. The molecule has 142 valence electrons. The number of aromatic hydroxyl groups is 1. The van der Waals surface area contributed by atoms with E-state index in [0.29, 0.717) is 5.82 Å². The summed E-state index contributed by atoms with van der Waals surface area (Å²) in [6, 6.07) is 15.3. The van der Waals surface area contributed by atoms with Gasteiger partial charge in [0, 0.05) is 40.3 Å². The summed E-state index contributed by atoms with van der Waals surface area (Å²) in [5.41, 5.74) is 2.02. The largest absolute Gasteiger partial charge is 0.494 e. The summed E-state index contributed by atoms with van der Waals surface area (Å²) >= 11 is 0. The number of carbonyl (C=O) groups is 1. The summed E-state index contributed by atoms with van der Waals surface area (Å²) in [5.74, 6) is 0.272. The van der Waals surface area contributed by atoms with E-state index >= 15 is 0 Å². The van der Waals surface area contributed by atoms with E-state index in [-0.39, 0.29) is 18.3 Å². The number of amides is 1. The van der Waals surface area contributed by atoms with Gasteiger partial charge in [-0.05, 0) is 29.1 Å². The summed E-state index contributed by atoms with van der Waals surface area (Å²) < 4.78 is 1.53. The molecular formula is C22H17N5O2. The van der Waals surface area contributed by atoms with E-state index in [4.69, 9.17) is 0 Å². The number of hydrogen-bond donors (Lipinski definition) is 3. The molecule has 3 aromatic heterocycles. The van der Waals surface area contributed by atoms with Crippen molar-refractivity contribution in [2.45, 2.75) is 6.54 Å². The number of nitrogens with one attached hydrogen (secondary N) is 2. The minimum Gasteiger partial charge on any atom is -0.494 e. The van der Waals surface area contributed by atoms with Crippen LogP contribution in [0, 0.1) is 0 Å². The zero-order valence-corrected chi connectivity index (χ0v) is 15.3. The SMILES string of the molecule is O=C(Cn1cc2ccccc2c1O)Nc1cc2cc(-c3cn[nH]c3)ccc2cn1. The molecule has 0 aliphatic heterocycles. The number of hydrogen-bond acceptors (Lipinski definition) is 4. The van der Waals surface area contributed by atoms with E-state index in [1.54, 1.807) is 18.6 Å². The minimum absolute atomic E-state index is 0.00467. The molecule has 2 aromatic carbocycles. The smallest absolute Gasteiger partial charge is 0.245 e. The lowest BCUT2D eigenvalue weighted by Crippen LogP contribution is -2.18. The van der Waals surface area contributed by atoms with Gasteiger partial charge in [-0.25, -0.2) is 4.98 Å². The monoisotopic (exact) mass is 383 g/mol. The highest BCUT2D eigenvalue weighted by atomic mass is 16.3. The highest BCUT2D eigenvalue weighted by molar-refractivity contribution is 5.95. The standard InChI is InChI=1S/C22H17N5O2/c28-21(13-27-12-16-3-1-2-4-19(16)22(27)29)26-20-8-17-7-14(18-10-24-25-11-18)5-6-15(17)9-23-20/h1-12,29H,13H2,(H,24,25)(H,23,26,28). The summed E-state index contributed by atoms with van der Waals surface area (Å²) in [4.78, 5) is 16.8. The van der Waals surface area contributed by atoms with Gasteiger partial charge in [0.1, 0.15) is 12.4 Å². The van der Waals surface area contributed by atoms with Crippen molar-refractivity contribution in [3.63, 3.8) is 0 Å². The number of pyridine rings is 1. The molecule has 5 rings (SSSR count). The summed E-state index contributed by atoms with van der Waals surface area (Å²) in [7, 11) is 0. The van der Waals surface area contributed by atoms with Gasteiger partial charge in [0.2, 0.25) is 5.91 Å². The molecule has 5 aromatic rings. The fourth-order valence-corrected chi connectivity index (χ4v) is 3.45. The van der Waals surface area contributed by atoms with Gasteiger partial charge in [0.25, 0.3) is 0 Å². The molecule has 3 N–H and O–H groups in total. The van der Waals surface area contributed by atoms with E-state index in [2.05, 4.69) is 20.5 Å². The lowest BCUT2D eigenvalue weighted by Gasteiger charge is -2.08. The maximum atomic E-state index is 12.5. The molecule has 0 aliphatic rings. The fourth-order valence-electron chi connectivity index (χ4n) is 3.45. The first kappa shape index (κ1) is 17.0. The Balaban J connectivity index is 1.38. The third-order valence-electron chi connectivity index (χ3n) is 4.90. The molecule has 0 unspecified atom stereocenters. The maximum Gasteiger partial charge on any atom is 0.245 e. The molecule has 0 saturated carbocycles. The van der Waals surface area contributed by atoms with Crippen molar-refractivity contribution in [3.05, 3.63) is 73.3 Å². The van der Waals surface area contributed by atoms with Crippen LogP contribution < -0.4 is 5.32 Å². The normalized spacial score (nSPS) is 11.2. The van der Waals surface area contributed by atoms with Crippen LogP contribution in [-0.4, -0.2) is 30.8 Å². The van der Waals surface area contributed by atoms with Crippen LogP contribution in [0.5, 0.6) is 5.88 Å². The van der Waals surface area contributed by atoms with Crippen LogP contribution in [0.4, 0.5) is 5.82 Å². The van der Waals surface area contributed by atoms with E-state index in [1.807, 2.05) is 54.7 Å². The van der Waals surface area contributed by atoms with Gasteiger partial charge in [0.15, 0.2) is 5.88 Å². The number of aromatic nitrogens is 4. The van der Waals surface area contributed by atoms with Crippen LogP contribution in [-0.2, 0) is 11.3 Å². The second-order valence-electron chi connectivity index (χ2n) is 6.83. The molecule has 1 amide bonds. The molecule has 7 heteroatoms. The molecule has 0 atom stereocenters. The van der Waals surface area contributed by atoms with Gasteiger partial charge in [-0.1, -0.05) is 30.3 Å². The van der Waals surface area contributed by atoms with Gasteiger partial charge >= 0.3 is 0 Å². The topological polar surface area (TPSA) is 95.8 Å². The third kappa shape index (κ3) is 3.19. The van der Waals surface area contributed by atoms with E-state index in [1.165, 1.54) is 4.57 Å². The molecule has 7 nitrogen and oxygen atoms in total. The maximum absolute atomic E-state index is 12.5. The Hall–Kier alpha value is -4.13.